The largest absolute Gasteiger partial charge is 0.388 e. The SMILES string of the molecule is CNc1ccc(CN(C)c2cccc(F)c2)cc1. The Morgan fingerprint density at radius 3 is 2.44 bits per heavy atom. The average molecular weight is 244 g/mol. The van der Waals surface area contributed by atoms with Gasteiger partial charge in [-0.05, 0) is 35.9 Å². The molecule has 0 aliphatic rings. The maximum atomic E-state index is 13.1. The van der Waals surface area contributed by atoms with Gasteiger partial charge in [-0.25, -0.2) is 4.39 Å². The van der Waals surface area contributed by atoms with Crippen LogP contribution in [-0.2, 0) is 6.54 Å². The second kappa shape index (κ2) is 5.54. The molecule has 0 atom stereocenters. The van der Waals surface area contributed by atoms with Gasteiger partial charge in [-0.2, -0.15) is 0 Å². The summed E-state index contributed by atoms with van der Waals surface area (Å²) in [6.45, 7) is 0.757. The van der Waals surface area contributed by atoms with E-state index in [4.69, 9.17) is 0 Å². The molecule has 0 saturated carbocycles. The number of rotatable bonds is 4. The second-order valence-electron chi connectivity index (χ2n) is 4.28. The molecule has 0 aliphatic carbocycles. The van der Waals surface area contributed by atoms with Gasteiger partial charge in [0, 0.05) is 32.0 Å². The van der Waals surface area contributed by atoms with E-state index < -0.39 is 0 Å². The first-order valence-electron chi connectivity index (χ1n) is 5.92. The van der Waals surface area contributed by atoms with Crippen molar-refractivity contribution >= 4 is 11.4 Å². The predicted molar refractivity (Wildman–Crippen MR) is 74.5 cm³/mol. The van der Waals surface area contributed by atoms with Crippen LogP contribution in [0.5, 0.6) is 0 Å². The lowest BCUT2D eigenvalue weighted by molar-refractivity contribution is 0.627. The Hall–Kier alpha value is -2.03. The van der Waals surface area contributed by atoms with Crippen LogP contribution in [0.25, 0.3) is 0 Å². The summed E-state index contributed by atoms with van der Waals surface area (Å²) >= 11 is 0. The van der Waals surface area contributed by atoms with E-state index in [1.54, 1.807) is 12.1 Å². The van der Waals surface area contributed by atoms with Gasteiger partial charge in [0.05, 0.1) is 0 Å². The topological polar surface area (TPSA) is 15.3 Å². The maximum absolute atomic E-state index is 13.1. The van der Waals surface area contributed by atoms with E-state index in [9.17, 15) is 4.39 Å². The van der Waals surface area contributed by atoms with Gasteiger partial charge in [0.2, 0.25) is 0 Å². The molecule has 18 heavy (non-hydrogen) atoms. The summed E-state index contributed by atoms with van der Waals surface area (Å²) < 4.78 is 13.1. The van der Waals surface area contributed by atoms with Crippen LogP contribution < -0.4 is 10.2 Å². The van der Waals surface area contributed by atoms with Crippen LogP contribution in [0.2, 0.25) is 0 Å². The lowest BCUT2D eigenvalue weighted by Crippen LogP contribution is -2.16. The second-order valence-corrected chi connectivity index (χ2v) is 4.28. The van der Waals surface area contributed by atoms with Gasteiger partial charge in [-0.1, -0.05) is 18.2 Å². The van der Waals surface area contributed by atoms with Crippen LogP contribution in [0.3, 0.4) is 0 Å². The normalized spacial score (nSPS) is 10.2. The molecule has 0 aliphatic heterocycles. The number of anilines is 2. The van der Waals surface area contributed by atoms with Gasteiger partial charge < -0.3 is 10.2 Å². The fraction of sp³-hybridized carbons (Fsp3) is 0.200. The molecule has 0 spiro atoms. The Bertz CT molecular complexity index is 508. The highest BCUT2D eigenvalue weighted by Gasteiger charge is 2.03. The number of benzene rings is 2. The average Bonchev–Trinajstić information content (AvgIpc) is 2.39. The molecule has 0 heterocycles. The van der Waals surface area contributed by atoms with E-state index in [0.29, 0.717) is 0 Å². The lowest BCUT2D eigenvalue weighted by Gasteiger charge is -2.19. The van der Waals surface area contributed by atoms with Crippen molar-refractivity contribution in [1.82, 2.24) is 0 Å². The maximum Gasteiger partial charge on any atom is 0.125 e. The molecular formula is C15H17FN2. The fourth-order valence-electron chi connectivity index (χ4n) is 1.86. The van der Waals surface area contributed by atoms with Gasteiger partial charge in [0.25, 0.3) is 0 Å². The van der Waals surface area contributed by atoms with E-state index in [1.165, 1.54) is 11.6 Å². The zero-order chi connectivity index (χ0) is 13.0. The van der Waals surface area contributed by atoms with Crippen LogP contribution in [-0.4, -0.2) is 14.1 Å². The van der Waals surface area contributed by atoms with Crippen molar-refractivity contribution in [2.45, 2.75) is 6.54 Å². The van der Waals surface area contributed by atoms with Gasteiger partial charge in [-0.3, -0.25) is 0 Å². The molecule has 0 amide bonds. The quantitative estimate of drug-likeness (QED) is 0.885. The van der Waals surface area contributed by atoms with Crippen molar-refractivity contribution in [3.63, 3.8) is 0 Å². The molecule has 94 valence electrons. The van der Waals surface area contributed by atoms with Crippen molar-refractivity contribution in [3.05, 3.63) is 59.9 Å². The zero-order valence-corrected chi connectivity index (χ0v) is 10.7. The summed E-state index contributed by atoms with van der Waals surface area (Å²) in [4.78, 5) is 2.03. The molecule has 0 saturated heterocycles. The van der Waals surface area contributed by atoms with Gasteiger partial charge in [0.15, 0.2) is 0 Å². The summed E-state index contributed by atoms with van der Waals surface area (Å²) in [5.41, 5.74) is 3.17. The monoisotopic (exact) mass is 244 g/mol. The minimum atomic E-state index is -0.204. The number of hydrogen-bond donors (Lipinski definition) is 1. The van der Waals surface area contributed by atoms with Crippen LogP contribution in [0.1, 0.15) is 5.56 Å². The standard InChI is InChI=1S/C15H17FN2/c1-17-14-8-6-12(7-9-14)11-18(2)15-5-3-4-13(16)10-15/h3-10,17H,11H2,1-2H3. The van der Waals surface area contributed by atoms with Crippen LogP contribution >= 0.6 is 0 Å². The molecule has 2 nitrogen and oxygen atoms in total. The predicted octanol–water partition coefficient (Wildman–Crippen LogP) is 3.50. The Balaban J connectivity index is 2.08. The number of halogens is 1. The first kappa shape index (κ1) is 12.4. The molecule has 2 aromatic carbocycles. The third-order valence-corrected chi connectivity index (χ3v) is 2.91. The molecular weight excluding hydrogens is 227 g/mol. The smallest absolute Gasteiger partial charge is 0.125 e. The first-order valence-corrected chi connectivity index (χ1v) is 5.92. The molecule has 0 bridgehead atoms. The fourth-order valence-corrected chi connectivity index (χ4v) is 1.86. The van der Waals surface area contributed by atoms with Crippen molar-refractivity contribution in [3.8, 4) is 0 Å². The minimum Gasteiger partial charge on any atom is -0.388 e. The first-order chi connectivity index (χ1) is 8.69. The molecule has 0 fully saturated rings. The van der Waals surface area contributed by atoms with Crippen molar-refractivity contribution in [1.29, 1.82) is 0 Å². The Kier molecular flexibility index (Phi) is 3.82. The Morgan fingerprint density at radius 1 is 1.11 bits per heavy atom. The minimum absolute atomic E-state index is 0.204. The van der Waals surface area contributed by atoms with Gasteiger partial charge >= 0.3 is 0 Å². The lowest BCUT2D eigenvalue weighted by atomic mass is 10.2. The molecule has 1 N–H and O–H groups in total. The zero-order valence-electron chi connectivity index (χ0n) is 10.7. The van der Waals surface area contributed by atoms with E-state index in [0.717, 1.165) is 17.9 Å². The van der Waals surface area contributed by atoms with E-state index in [2.05, 4.69) is 17.4 Å². The molecule has 0 aromatic heterocycles. The molecule has 0 unspecified atom stereocenters. The van der Waals surface area contributed by atoms with E-state index in [1.807, 2.05) is 37.2 Å². The summed E-state index contributed by atoms with van der Waals surface area (Å²) in [6.07, 6.45) is 0. The molecule has 2 rings (SSSR count). The van der Waals surface area contributed by atoms with E-state index in [-0.39, 0.29) is 5.82 Å². The summed E-state index contributed by atoms with van der Waals surface area (Å²) in [7, 11) is 3.86. The van der Waals surface area contributed by atoms with Crippen LogP contribution in [0.15, 0.2) is 48.5 Å². The Morgan fingerprint density at radius 2 is 1.83 bits per heavy atom. The third kappa shape index (κ3) is 3.00. The van der Waals surface area contributed by atoms with Crippen molar-refractivity contribution < 1.29 is 4.39 Å². The highest BCUT2D eigenvalue weighted by Crippen LogP contribution is 2.17. The highest BCUT2D eigenvalue weighted by molar-refractivity contribution is 5.48. The number of hydrogen-bond acceptors (Lipinski definition) is 2. The molecule has 3 heteroatoms. The summed E-state index contributed by atoms with van der Waals surface area (Å²) in [5.74, 6) is -0.204. The van der Waals surface area contributed by atoms with Crippen LogP contribution in [0, 0.1) is 5.82 Å². The highest BCUT2D eigenvalue weighted by atomic mass is 19.1. The van der Waals surface area contributed by atoms with Crippen LogP contribution in [0.4, 0.5) is 15.8 Å². The van der Waals surface area contributed by atoms with Crippen molar-refractivity contribution in [2.24, 2.45) is 0 Å². The van der Waals surface area contributed by atoms with Gasteiger partial charge in [0.1, 0.15) is 5.82 Å². The molecule has 0 radical (unpaired) electrons. The molecule has 2 aromatic rings. The summed E-state index contributed by atoms with van der Waals surface area (Å²) in [6, 6.07) is 14.9. The number of nitrogens with zero attached hydrogens (tertiary/aromatic N) is 1. The summed E-state index contributed by atoms with van der Waals surface area (Å²) in [5, 5.41) is 3.08. The van der Waals surface area contributed by atoms with Gasteiger partial charge in [-0.15, -0.1) is 0 Å². The Labute approximate surface area is 107 Å². The number of nitrogens with one attached hydrogen (secondary N) is 1. The van der Waals surface area contributed by atoms with E-state index >= 15 is 0 Å². The third-order valence-electron chi connectivity index (χ3n) is 2.91. The van der Waals surface area contributed by atoms with Crippen molar-refractivity contribution in [2.75, 3.05) is 24.3 Å².